The van der Waals surface area contributed by atoms with Gasteiger partial charge < -0.3 is 19.7 Å². The molecule has 0 radical (unpaired) electrons. The molecule has 0 heterocycles. The molecule has 0 aromatic carbocycles. The number of esters is 2. The van der Waals surface area contributed by atoms with E-state index in [-0.39, 0.29) is 37.7 Å². The average Bonchev–Trinajstić information content (AvgIpc) is 3.08. The number of unbranched alkanes of at least 4 members (excludes halogenated alkanes) is 16. The Morgan fingerprint density at radius 2 is 1.02 bits per heavy atom. The van der Waals surface area contributed by atoms with Crippen molar-refractivity contribution in [3.63, 3.8) is 0 Å². The molecule has 0 aliphatic heterocycles. The fourth-order valence-electron chi connectivity index (χ4n) is 5.49. The maximum Gasteiger partial charge on any atom is 0.305 e. The molecule has 2 N–H and O–H groups in total. The Hall–Kier alpha value is -2.18. The summed E-state index contributed by atoms with van der Waals surface area (Å²) in [5, 5.41) is 19.9. The average molecular weight is 689 g/mol. The van der Waals surface area contributed by atoms with Crippen molar-refractivity contribution in [3.8, 4) is 0 Å². The maximum absolute atomic E-state index is 12.0. The topological polar surface area (TPSA) is 93.1 Å². The zero-order valence-corrected chi connectivity index (χ0v) is 32.0. The lowest BCUT2D eigenvalue weighted by atomic mass is 10.0. The van der Waals surface area contributed by atoms with Gasteiger partial charge in [-0.1, -0.05) is 179 Å². The lowest BCUT2D eigenvalue weighted by molar-refractivity contribution is -0.152. The molecule has 0 aromatic heterocycles. The van der Waals surface area contributed by atoms with Gasteiger partial charge in [0.15, 0.2) is 0 Å². The van der Waals surface area contributed by atoms with Crippen molar-refractivity contribution in [1.29, 1.82) is 0 Å². The summed E-state index contributed by atoms with van der Waals surface area (Å²) >= 11 is 0. The second-order valence-corrected chi connectivity index (χ2v) is 14.1. The minimum atomic E-state index is -0.998. The quantitative estimate of drug-likeness (QED) is 0.0298. The molecular weight excluding hydrogens is 612 g/mol. The predicted octanol–water partition coefficient (Wildman–Crippen LogP) is 11.4. The highest BCUT2D eigenvalue weighted by Crippen LogP contribution is 2.15. The molecule has 0 aromatic rings. The number of rotatable bonds is 35. The van der Waals surface area contributed by atoms with Crippen molar-refractivity contribution in [2.45, 2.75) is 193 Å². The van der Waals surface area contributed by atoms with Gasteiger partial charge in [-0.25, -0.2) is 0 Å². The number of carbonyl (C=O) groups excluding carboxylic acids is 2. The van der Waals surface area contributed by atoms with E-state index in [2.05, 4.69) is 51.2 Å². The third-order valence-corrected chi connectivity index (χ3v) is 8.60. The highest BCUT2D eigenvalue weighted by molar-refractivity contribution is 5.69. The zero-order chi connectivity index (χ0) is 36.0. The van der Waals surface area contributed by atoms with Crippen LogP contribution in [0.15, 0.2) is 48.6 Å². The monoisotopic (exact) mass is 689 g/mol. The van der Waals surface area contributed by atoms with E-state index in [0.717, 1.165) is 63.7 Å². The summed E-state index contributed by atoms with van der Waals surface area (Å²) in [6.45, 7) is 6.48. The van der Waals surface area contributed by atoms with Crippen LogP contribution >= 0.6 is 0 Å². The number of aliphatic hydroxyl groups excluding tert-OH is 2. The molecule has 284 valence electrons. The van der Waals surface area contributed by atoms with Crippen LogP contribution < -0.4 is 0 Å². The first-order chi connectivity index (χ1) is 23.8. The molecule has 49 heavy (non-hydrogen) atoms. The normalized spacial score (nSPS) is 13.4. The highest BCUT2D eigenvalue weighted by Gasteiger charge is 2.12. The SMILES string of the molecule is CCCCC[C@@H](O)/C=C/C=C\C/C=C\C/C=C\CCCC(=O)OC[C@@H](O)COC(=O)CCCCCCCCCCCCCCCCC(C)C. The van der Waals surface area contributed by atoms with Crippen LogP contribution in [0.2, 0.25) is 0 Å². The number of allylic oxidation sites excluding steroid dienone is 7. The third kappa shape index (κ3) is 38.5. The van der Waals surface area contributed by atoms with Gasteiger partial charge in [0.1, 0.15) is 19.3 Å². The van der Waals surface area contributed by atoms with Crippen LogP contribution in [0.5, 0.6) is 0 Å². The number of hydrogen-bond acceptors (Lipinski definition) is 6. The second kappa shape index (κ2) is 37.1. The van der Waals surface area contributed by atoms with E-state index in [1.807, 2.05) is 18.2 Å². The summed E-state index contributed by atoms with van der Waals surface area (Å²) < 4.78 is 10.3. The molecule has 0 saturated carbocycles. The molecule has 0 rings (SSSR count). The molecule has 0 saturated heterocycles. The molecule has 0 aliphatic carbocycles. The molecule has 6 heteroatoms. The molecule has 2 atom stereocenters. The molecule has 0 unspecified atom stereocenters. The molecular formula is C43H76O6. The van der Waals surface area contributed by atoms with Crippen molar-refractivity contribution in [3.05, 3.63) is 48.6 Å². The lowest BCUT2D eigenvalue weighted by Crippen LogP contribution is -2.25. The minimum absolute atomic E-state index is 0.144. The Bertz CT molecular complexity index is 858. The standard InChI is InChI=1S/C43H76O6/c1-4-5-27-33-40(44)34-29-24-20-16-12-10-14-18-22-26-31-36-43(47)49-38-41(45)37-48-42(46)35-30-25-21-17-13-9-7-6-8-11-15-19-23-28-32-39(2)3/h10,12,18,20,22,24,29,34,39-41,44-45H,4-9,11,13-17,19,21,23,25-28,30-33,35-38H2,1-3H3/b12-10-,22-18-,24-20-,34-29+/t40-,41+/m1/s1. The van der Waals surface area contributed by atoms with E-state index < -0.39 is 6.10 Å². The van der Waals surface area contributed by atoms with Crippen molar-refractivity contribution in [1.82, 2.24) is 0 Å². The fourth-order valence-corrected chi connectivity index (χ4v) is 5.49. The van der Waals surface area contributed by atoms with E-state index in [1.54, 1.807) is 0 Å². The molecule has 0 bridgehead atoms. The first kappa shape index (κ1) is 46.8. The molecule has 0 fully saturated rings. The van der Waals surface area contributed by atoms with E-state index in [4.69, 9.17) is 9.47 Å². The first-order valence-corrected chi connectivity index (χ1v) is 20.2. The summed E-state index contributed by atoms with van der Waals surface area (Å²) in [7, 11) is 0. The van der Waals surface area contributed by atoms with Crippen molar-refractivity contribution in [2.75, 3.05) is 13.2 Å². The van der Waals surface area contributed by atoms with Gasteiger partial charge in [-0.05, 0) is 44.4 Å². The van der Waals surface area contributed by atoms with E-state index in [0.29, 0.717) is 12.8 Å². The van der Waals surface area contributed by atoms with E-state index in [1.165, 1.54) is 83.5 Å². The maximum atomic E-state index is 12.0. The Balaban J connectivity index is 3.56. The van der Waals surface area contributed by atoms with Gasteiger partial charge in [-0.3, -0.25) is 9.59 Å². The van der Waals surface area contributed by atoms with Crippen LogP contribution in [0.4, 0.5) is 0 Å². The number of aliphatic hydroxyl groups is 2. The van der Waals surface area contributed by atoms with Gasteiger partial charge in [-0.15, -0.1) is 0 Å². The zero-order valence-electron chi connectivity index (χ0n) is 32.0. The van der Waals surface area contributed by atoms with Crippen molar-refractivity contribution >= 4 is 11.9 Å². The van der Waals surface area contributed by atoms with Gasteiger partial charge in [0.2, 0.25) is 0 Å². The summed E-state index contributed by atoms with van der Waals surface area (Å²) in [4.78, 5) is 23.9. The summed E-state index contributed by atoms with van der Waals surface area (Å²) in [6, 6.07) is 0. The lowest BCUT2D eigenvalue weighted by Gasteiger charge is -2.12. The van der Waals surface area contributed by atoms with Crippen molar-refractivity contribution in [2.24, 2.45) is 5.92 Å². The summed E-state index contributed by atoms with van der Waals surface area (Å²) in [6.07, 6.45) is 42.1. The molecule has 0 spiro atoms. The predicted molar refractivity (Wildman–Crippen MR) is 206 cm³/mol. The Kier molecular flexibility index (Phi) is 35.4. The van der Waals surface area contributed by atoms with Gasteiger partial charge in [-0.2, -0.15) is 0 Å². The molecule has 0 amide bonds. The number of hydrogen-bond donors (Lipinski definition) is 2. The summed E-state index contributed by atoms with van der Waals surface area (Å²) in [5.74, 6) is 0.193. The smallest absolute Gasteiger partial charge is 0.305 e. The van der Waals surface area contributed by atoms with Gasteiger partial charge >= 0.3 is 11.9 Å². The largest absolute Gasteiger partial charge is 0.463 e. The number of carbonyl (C=O) groups is 2. The Morgan fingerprint density at radius 3 is 1.57 bits per heavy atom. The molecule has 0 aliphatic rings. The van der Waals surface area contributed by atoms with Gasteiger partial charge in [0.25, 0.3) is 0 Å². The summed E-state index contributed by atoms with van der Waals surface area (Å²) in [5.41, 5.74) is 0. The highest BCUT2D eigenvalue weighted by atomic mass is 16.6. The first-order valence-electron chi connectivity index (χ1n) is 20.2. The number of ether oxygens (including phenoxy) is 2. The van der Waals surface area contributed by atoms with Crippen LogP contribution in [-0.2, 0) is 19.1 Å². The van der Waals surface area contributed by atoms with Gasteiger partial charge in [0, 0.05) is 12.8 Å². The van der Waals surface area contributed by atoms with Gasteiger partial charge in [0.05, 0.1) is 6.10 Å². The Morgan fingerprint density at radius 1 is 0.551 bits per heavy atom. The fraction of sp³-hybridized carbons (Fsp3) is 0.767. The van der Waals surface area contributed by atoms with Crippen LogP contribution in [0, 0.1) is 5.92 Å². The van der Waals surface area contributed by atoms with Crippen LogP contribution in [0.25, 0.3) is 0 Å². The third-order valence-electron chi connectivity index (χ3n) is 8.60. The molecule has 6 nitrogen and oxygen atoms in total. The Labute approximate surface area is 301 Å². The van der Waals surface area contributed by atoms with Crippen LogP contribution in [0.3, 0.4) is 0 Å². The van der Waals surface area contributed by atoms with E-state index in [9.17, 15) is 19.8 Å². The van der Waals surface area contributed by atoms with E-state index >= 15 is 0 Å². The van der Waals surface area contributed by atoms with Crippen molar-refractivity contribution < 1.29 is 29.3 Å². The van der Waals surface area contributed by atoms with Crippen LogP contribution in [-0.4, -0.2) is 47.6 Å². The second-order valence-electron chi connectivity index (χ2n) is 14.1. The minimum Gasteiger partial charge on any atom is -0.463 e. The van der Waals surface area contributed by atoms with Crippen LogP contribution in [0.1, 0.15) is 181 Å².